The van der Waals surface area contributed by atoms with Crippen LogP contribution in [0.3, 0.4) is 0 Å². The molecule has 0 aromatic carbocycles. The fraction of sp³-hybridized carbons (Fsp3) is 0.975. The van der Waals surface area contributed by atoms with E-state index in [0.29, 0.717) is 25.9 Å². The number of hydrogen-bond donors (Lipinski definition) is 3. The van der Waals surface area contributed by atoms with Crippen LogP contribution in [-0.2, 0) is 14.3 Å². The van der Waals surface area contributed by atoms with Gasteiger partial charge in [-0.15, -0.1) is 0 Å². The molecule has 0 aromatic heterocycles. The molecule has 0 fully saturated rings. The Hall–Kier alpha value is -1.14. The van der Waals surface area contributed by atoms with E-state index >= 15 is 0 Å². The summed E-state index contributed by atoms with van der Waals surface area (Å²) in [5, 5.41) is 23.4. The molecule has 6 heteroatoms. The van der Waals surface area contributed by atoms with Crippen molar-refractivity contribution >= 4 is 11.9 Å². The molecule has 0 heterocycles. The summed E-state index contributed by atoms with van der Waals surface area (Å²) in [5.74, 6) is 0.00304. The molecule has 0 saturated carbocycles. The van der Waals surface area contributed by atoms with Gasteiger partial charge in [0.2, 0.25) is 5.91 Å². The monoisotopic (exact) mass is 1200 g/mol. The zero-order valence-corrected chi connectivity index (χ0v) is 58.4. The maximum Gasteiger partial charge on any atom is 0.305 e. The molecule has 85 heavy (non-hydrogen) atoms. The van der Waals surface area contributed by atoms with E-state index in [9.17, 15) is 19.8 Å². The van der Waals surface area contributed by atoms with Gasteiger partial charge in [-0.3, -0.25) is 9.59 Å². The Morgan fingerprint density at radius 3 is 0.718 bits per heavy atom. The predicted molar refractivity (Wildman–Crippen MR) is 375 cm³/mol. The van der Waals surface area contributed by atoms with Crippen molar-refractivity contribution in [2.45, 2.75) is 482 Å². The lowest BCUT2D eigenvalue weighted by Gasteiger charge is -2.22. The number of amides is 1. The van der Waals surface area contributed by atoms with Crippen LogP contribution in [0.1, 0.15) is 470 Å². The molecule has 0 aliphatic rings. The minimum Gasteiger partial charge on any atom is -0.466 e. The molecule has 2 atom stereocenters. The summed E-state index contributed by atoms with van der Waals surface area (Å²) < 4.78 is 5.52. The predicted octanol–water partition coefficient (Wildman–Crippen LogP) is 26.1. The highest BCUT2D eigenvalue weighted by Crippen LogP contribution is 2.21. The Morgan fingerprint density at radius 2 is 0.482 bits per heavy atom. The van der Waals surface area contributed by atoms with E-state index in [1.54, 1.807) is 0 Å². The fourth-order valence-electron chi connectivity index (χ4n) is 13.1. The van der Waals surface area contributed by atoms with Crippen molar-refractivity contribution in [1.82, 2.24) is 5.32 Å². The van der Waals surface area contributed by atoms with Gasteiger partial charge in [0.1, 0.15) is 0 Å². The Kier molecular flexibility index (Phi) is 74.3. The van der Waals surface area contributed by atoms with Crippen LogP contribution in [0.4, 0.5) is 0 Å². The lowest BCUT2D eigenvalue weighted by molar-refractivity contribution is -0.143. The quantitative estimate of drug-likeness (QED) is 0.0417. The second-order valence-electron chi connectivity index (χ2n) is 27.8. The summed E-state index contributed by atoms with van der Waals surface area (Å²) in [4.78, 5) is 24.6. The van der Waals surface area contributed by atoms with Gasteiger partial charge >= 0.3 is 5.97 Å². The van der Waals surface area contributed by atoms with E-state index in [2.05, 4.69) is 19.2 Å². The summed E-state index contributed by atoms with van der Waals surface area (Å²) in [6.07, 6.45) is 93.5. The molecule has 0 saturated heterocycles. The van der Waals surface area contributed by atoms with Gasteiger partial charge in [-0.05, 0) is 25.7 Å². The largest absolute Gasteiger partial charge is 0.466 e. The first kappa shape index (κ1) is 83.9. The molecular weight excluding hydrogens is 1040 g/mol. The number of rotatable bonds is 76. The van der Waals surface area contributed by atoms with Crippen LogP contribution in [-0.4, -0.2) is 47.4 Å². The van der Waals surface area contributed by atoms with E-state index in [1.165, 1.54) is 398 Å². The SMILES string of the molecule is CCCCCCCCCCCCCCCCCCCC(=O)OCCCCCCCCCCCCCCCCCCCCCCCCCCCCCCCCCCCCCC(=O)NC(CO)C(O)CCCCCCCCCCCCCCCCCC. The van der Waals surface area contributed by atoms with Gasteiger partial charge in [-0.25, -0.2) is 0 Å². The summed E-state index contributed by atoms with van der Waals surface area (Å²) in [5.41, 5.74) is 0. The first-order valence-corrected chi connectivity index (χ1v) is 39.8. The second kappa shape index (κ2) is 75.3. The van der Waals surface area contributed by atoms with Gasteiger partial charge in [0.25, 0.3) is 0 Å². The number of carbonyl (C=O) groups is 2. The Balaban J connectivity index is 3.28. The topological polar surface area (TPSA) is 95.9 Å². The number of nitrogens with one attached hydrogen (secondary N) is 1. The molecule has 0 aliphatic carbocycles. The van der Waals surface area contributed by atoms with Crippen molar-refractivity contribution in [2.75, 3.05) is 13.2 Å². The number of unbranched alkanes of at least 4 members (excludes halogenated alkanes) is 65. The van der Waals surface area contributed by atoms with Crippen LogP contribution in [0, 0.1) is 0 Å². The number of hydrogen-bond acceptors (Lipinski definition) is 5. The van der Waals surface area contributed by atoms with Crippen LogP contribution in [0.25, 0.3) is 0 Å². The second-order valence-corrected chi connectivity index (χ2v) is 27.8. The van der Waals surface area contributed by atoms with E-state index in [1.807, 2.05) is 0 Å². The standard InChI is InChI=1S/C79H157NO5/c1-3-5-7-9-11-13-15-17-19-40-45-49-53-57-61-65-69-73-79(84)85-74-70-66-62-58-54-50-46-42-39-37-35-33-31-29-27-25-23-21-22-24-26-28-30-32-34-36-38-41-44-48-52-56-60-64-68-72-78(83)80-76(75-81)77(82)71-67-63-59-55-51-47-43-20-18-16-14-12-10-8-6-4-2/h76-77,81-82H,3-75H2,1-2H3,(H,80,83). The molecule has 0 radical (unpaired) electrons. The maximum atomic E-state index is 12.5. The third-order valence-corrected chi connectivity index (χ3v) is 19.2. The molecule has 0 aliphatic heterocycles. The van der Waals surface area contributed by atoms with Crippen LogP contribution < -0.4 is 5.32 Å². The number of aliphatic hydroxyl groups is 2. The van der Waals surface area contributed by atoms with Crippen molar-refractivity contribution in [3.8, 4) is 0 Å². The average Bonchev–Trinajstić information content (AvgIpc) is 3.51. The van der Waals surface area contributed by atoms with Gasteiger partial charge in [0.05, 0.1) is 25.4 Å². The van der Waals surface area contributed by atoms with Gasteiger partial charge in [0.15, 0.2) is 0 Å². The fourth-order valence-corrected chi connectivity index (χ4v) is 13.1. The number of carbonyl (C=O) groups excluding carboxylic acids is 2. The molecule has 6 nitrogen and oxygen atoms in total. The smallest absolute Gasteiger partial charge is 0.305 e. The Bertz CT molecular complexity index is 1240. The first-order chi connectivity index (χ1) is 42.0. The van der Waals surface area contributed by atoms with Crippen LogP contribution in [0.15, 0.2) is 0 Å². The van der Waals surface area contributed by atoms with Crippen molar-refractivity contribution in [2.24, 2.45) is 0 Å². The van der Waals surface area contributed by atoms with E-state index in [0.717, 1.165) is 38.5 Å². The number of esters is 1. The molecule has 3 N–H and O–H groups in total. The average molecular weight is 1200 g/mol. The van der Waals surface area contributed by atoms with Crippen molar-refractivity contribution < 1.29 is 24.5 Å². The summed E-state index contributed by atoms with van der Waals surface area (Å²) in [7, 11) is 0. The highest BCUT2D eigenvalue weighted by molar-refractivity contribution is 5.76. The summed E-state index contributed by atoms with van der Waals surface area (Å²) in [6.45, 7) is 5.02. The third kappa shape index (κ3) is 71.8. The highest BCUT2D eigenvalue weighted by Gasteiger charge is 2.20. The van der Waals surface area contributed by atoms with Gasteiger partial charge in [-0.1, -0.05) is 431 Å². The lowest BCUT2D eigenvalue weighted by Crippen LogP contribution is -2.45. The summed E-state index contributed by atoms with van der Waals surface area (Å²) in [6, 6.07) is -0.536. The molecular formula is C79H157NO5. The Labute approximate surface area is 534 Å². The van der Waals surface area contributed by atoms with Crippen molar-refractivity contribution in [3.05, 3.63) is 0 Å². The molecule has 2 unspecified atom stereocenters. The minimum atomic E-state index is -0.659. The van der Waals surface area contributed by atoms with Crippen LogP contribution >= 0.6 is 0 Å². The highest BCUT2D eigenvalue weighted by atomic mass is 16.5. The van der Waals surface area contributed by atoms with E-state index in [-0.39, 0.29) is 18.5 Å². The normalized spacial score (nSPS) is 12.4. The van der Waals surface area contributed by atoms with Gasteiger partial charge in [0, 0.05) is 12.8 Å². The third-order valence-electron chi connectivity index (χ3n) is 19.2. The van der Waals surface area contributed by atoms with Crippen molar-refractivity contribution in [1.29, 1.82) is 0 Å². The van der Waals surface area contributed by atoms with Gasteiger partial charge < -0.3 is 20.3 Å². The Morgan fingerprint density at radius 1 is 0.282 bits per heavy atom. The number of ether oxygens (including phenoxy) is 1. The zero-order chi connectivity index (χ0) is 61.3. The molecule has 508 valence electrons. The first-order valence-electron chi connectivity index (χ1n) is 39.8. The summed E-state index contributed by atoms with van der Waals surface area (Å²) >= 11 is 0. The molecule has 0 aromatic rings. The maximum absolute atomic E-state index is 12.5. The molecule has 0 bridgehead atoms. The van der Waals surface area contributed by atoms with E-state index in [4.69, 9.17) is 4.74 Å². The minimum absolute atomic E-state index is 0.0250. The molecule has 0 spiro atoms. The van der Waals surface area contributed by atoms with Crippen LogP contribution in [0.5, 0.6) is 0 Å². The molecule has 1 amide bonds. The van der Waals surface area contributed by atoms with Crippen LogP contribution in [0.2, 0.25) is 0 Å². The number of aliphatic hydroxyl groups excluding tert-OH is 2. The lowest BCUT2D eigenvalue weighted by atomic mass is 10.0. The van der Waals surface area contributed by atoms with Gasteiger partial charge in [-0.2, -0.15) is 0 Å². The van der Waals surface area contributed by atoms with Crippen molar-refractivity contribution in [3.63, 3.8) is 0 Å². The van der Waals surface area contributed by atoms with E-state index < -0.39 is 12.1 Å². The molecule has 0 rings (SSSR count). The zero-order valence-electron chi connectivity index (χ0n) is 58.4.